The van der Waals surface area contributed by atoms with Crippen molar-refractivity contribution in [2.24, 2.45) is 5.16 Å². The van der Waals surface area contributed by atoms with Gasteiger partial charge in [-0.05, 0) is 13.8 Å². The van der Waals surface area contributed by atoms with Gasteiger partial charge in [0.05, 0.1) is 21.8 Å². The summed E-state index contributed by atoms with van der Waals surface area (Å²) in [6.07, 6.45) is 5.01. The molecule has 1 aromatic heterocycles. The molecule has 0 unspecified atom stereocenters. The maximum absolute atomic E-state index is 5.01. The third-order valence-electron chi connectivity index (χ3n) is 1.42. The number of hydrogen-bond donors (Lipinski definition) is 0. The van der Waals surface area contributed by atoms with Gasteiger partial charge in [-0.25, -0.2) is 4.98 Å². The van der Waals surface area contributed by atoms with Crippen LogP contribution in [0.5, 0.6) is 0 Å². The minimum Gasteiger partial charge on any atom is -0.382 e. The molecule has 3 nitrogen and oxygen atoms in total. The Bertz CT molecular complexity index is 349. The molecule has 0 saturated heterocycles. The fourth-order valence-electron chi connectivity index (χ4n) is 0.857. The van der Waals surface area contributed by atoms with E-state index in [4.69, 9.17) is 11.3 Å². The van der Waals surface area contributed by atoms with Crippen LogP contribution in [0, 0.1) is 19.3 Å². The van der Waals surface area contributed by atoms with Gasteiger partial charge in [0, 0.05) is 0 Å². The van der Waals surface area contributed by atoms with E-state index in [1.807, 2.05) is 13.8 Å². The van der Waals surface area contributed by atoms with E-state index in [0.717, 1.165) is 16.3 Å². The first kappa shape index (κ1) is 9.75. The van der Waals surface area contributed by atoms with Crippen LogP contribution in [-0.4, -0.2) is 17.3 Å². The Balaban J connectivity index is 2.68. The Morgan fingerprint density at radius 2 is 2.62 bits per heavy atom. The lowest BCUT2D eigenvalue weighted by molar-refractivity contribution is 0.180. The van der Waals surface area contributed by atoms with Crippen molar-refractivity contribution in [1.29, 1.82) is 0 Å². The fraction of sp³-hybridized carbons (Fsp3) is 0.333. The number of rotatable bonds is 3. The lowest BCUT2D eigenvalue weighted by Gasteiger charge is -1.96. The molecular weight excluding hydrogens is 184 g/mol. The van der Waals surface area contributed by atoms with Crippen molar-refractivity contribution in [3.8, 4) is 12.3 Å². The van der Waals surface area contributed by atoms with Crippen LogP contribution in [0.2, 0.25) is 0 Å². The molecule has 0 atom stereocenters. The first-order valence-electron chi connectivity index (χ1n) is 3.76. The van der Waals surface area contributed by atoms with Crippen LogP contribution in [0.1, 0.15) is 17.5 Å². The molecule has 0 saturated carbocycles. The molecule has 0 bridgehead atoms. The minimum atomic E-state index is 0.204. The van der Waals surface area contributed by atoms with E-state index in [9.17, 15) is 0 Å². The van der Waals surface area contributed by atoms with E-state index < -0.39 is 0 Å². The summed E-state index contributed by atoms with van der Waals surface area (Å²) >= 11 is 1.54. The van der Waals surface area contributed by atoms with Crippen LogP contribution in [0.15, 0.2) is 10.7 Å². The zero-order valence-electron chi connectivity index (χ0n) is 7.57. The third kappa shape index (κ3) is 2.56. The number of oxime groups is 1. The number of aromatic nitrogens is 1. The molecule has 0 aromatic carbocycles. The molecule has 13 heavy (non-hydrogen) atoms. The monoisotopic (exact) mass is 194 g/mol. The molecule has 0 fully saturated rings. The van der Waals surface area contributed by atoms with Crippen molar-refractivity contribution in [3.63, 3.8) is 0 Å². The van der Waals surface area contributed by atoms with Crippen LogP contribution in [-0.2, 0) is 4.84 Å². The van der Waals surface area contributed by atoms with Gasteiger partial charge in [0.2, 0.25) is 0 Å². The second-order valence-electron chi connectivity index (χ2n) is 2.42. The summed E-state index contributed by atoms with van der Waals surface area (Å²) in [5.74, 6) is 2.34. The maximum Gasteiger partial charge on any atom is 0.177 e. The molecule has 0 aliphatic heterocycles. The maximum atomic E-state index is 5.01. The van der Waals surface area contributed by atoms with E-state index in [0.29, 0.717) is 0 Å². The second kappa shape index (κ2) is 4.63. The average Bonchev–Trinajstić information content (AvgIpc) is 2.52. The third-order valence-corrected chi connectivity index (χ3v) is 2.46. The summed E-state index contributed by atoms with van der Waals surface area (Å²) in [7, 11) is 0. The summed E-state index contributed by atoms with van der Waals surface area (Å²) in [6, 6.07) is 0. The van der Waals surface area contributed by atoms with Gasteiger partial charge in [0.1, 0.15) is 0 Å². The number of nitrogens with zero attached hydrogens (tertiary/aromatic N) is 2. The molecule has 0 amide bonds. The van der Waals surface area contributed by atoms with Crippen molar-refractivity contribution in [2.45, 2.75) is 13.8 Å². The van der Waals surface area contributed by atoms with Gasteiger partial charge in [-0.2, -0.15) is 0 Å². The van der Waals surface area contributed by atoms with Gasteiger partial charge >= 0.3 is 0 Å². The lowest BCUT2D eigenvalue weighted by Crippen LogP contribution is -1.96. The van der Waals surface area contributed by atoms with Crippen molar-refractivity contribution < 1.29 is 4.84 Å². The highest BCUT2D eigenvalue weighted by Gasteiger charge is 2.04. The molecule has 1 aromatic rings. The van der Waals surface area contributed by atoms with Gasteiger partial charge in [0.25, 0.3) is 0 Å². The molecule has 1 heterocycles. The van der Waals surface area contributed by atoms with Crippen molar-refractivity contribution >= 4 is 17.0 Å². The van der Waals surface area contributed by atoms with Gasteiger partial charge in [-0.15, -0.1) is 17.8 Å². The van der Waals surface area contributed by atoms with Crippen LogP contribution >= 0.6 is 11.3 Å². The van der Waals surface area contributed by atoms with Gasteiger partial charge in [-0.3, -0.25) is 0 Å². The van der Waals surface area contributed by atoms with E-state index >= 15 is 0 Å². The molecule has 0 radical (unpaired) electrons. The molecule has 0 aliphatic carbocycles. The second-order valence-corrected chi connectivity index (χ2v) is 3.28. The number of hydrogen-bond acceptors (Lipinski definition) is 4. The van der Waals surface area contributed by atoms with Crippen molar-refractivity contribution in [1.82, 2.24) is 4.98 Å². The highest BCUT2D eigenvalue weighted by molar-refractivity contribution is 7.12. The Morgan fingerprint density at radius 3 is 3.15 bits per heavy atom. The van der Waals surface area contributed by atoms with Gasteiger partial charge < -0.3 is 4.84 Å². The smallest absolute Gasteiger partial charge is 0.177 e. The largest absolute Gasteiger partial charge is 0.382 e. The predicted molar refractivity (Wildman–Crippen MR) is 53.8 cm³/mol. The predicted octanol–water partition coefficient (Wildman–Crippen LogP) is 1.83. The Morgan fingerprint density at radius 1 is 1.85 bits per heavy atom. The molecular formula is C9H10N2OS. The quantitative estimate of drug-likeness (QED) is 0.318. The van der Waals surface area contributed by atoms with Crippen molar-refractivity contribution in [3.05, 3.63) is 16.1 Å². The summed E-state index contributed by atoms with van der Waals surface area (Å²) < 4.78 is 0. The molecule has 68 valence electrons. The van der Waals surface area contributed by atoms with Gasteiger partial charge in [0.15, 0.2) is 6.61 Å². The fourth-order valence-corrected chi connectivity index (χ4v) is 1.60. The van der Waals surface area contributed by atoms with Crippen LogP contribution < -0.4 is 0 Å². The van der Waals surface area contributed by atoms with Crippen molar-refractivity contribution in [2.75, 3.05) is 6.61 Å². The zero-order valence-corrected chi connectivity index (χ0v) is 8.39. The average molecular weight is 194 g/mol. The van der Waals surface area contributed by atoms with Gasteiger partial charge in [-0.1, -0.05) is 11.1 Å². The summed E-state index contributed by atoms with van der Waals surface area (Å²) in [5, 5.41) is 3.86. The van der Waals surface area contributed by atoms with E-state index in [-0.39, 0.29) is 6.61 Å². The first-order chi connectivity index (χ1) is 6.25. The molecule has 0 aliphatic rings. The number of aryl methyl sites for hydroxylation is 1. The topological polar surface area (TPSA) is 34.5 Å². The van der Waals surface area contributed by atoms with Crippen LogP contribution in [0.4, 0.5) is 0 Å². The Hall–Kier alpha value is -1.34. The zero-order chi connectivity index (χ0) is 9.68. The highest BCUT2D eigenvalue weighted by atomic mass is 32.1. The summed E-state index contributed by atoms with van der Waals surface area (Å²) in [5.41, 5.74) is 3.57. The number of thiazole rings is 1. The van der Waals surface area contributed by atoms with E-state index in [1.54, 1.807) is 16.8 Å². The SMILES string of the molecule is C#CCO/N=C(\C)c1scnc1C. The highest BCUT2D eigenvalue weighted by Crippen LogP contribution is 2.13. The van der Waals surface area contributed by atoms with E-state index in [1.165, 1.54) is 0 Å². The number of terminal acetylenes is 1. The van der Waals surface area contributed by atoms with E-state index in [2.05, 4.69) is 16.1 Å². The molecule has 1 rings (SSSR count). The summed E-state index contributed by atoms with van der Waals surface area (Å²) in [4.78, 5) is 10.0. The standard InChI is InChI=1S/C9H10N2OS/c1-4-5-12-11-8(3)9-7(2)10-6-13-9/h1,6H,5H2,2-3H3/b11-8+. The molecule has 0 N–H and O–H groups in total. The van der Waals surface area contributed by atoms with Crippen LogP contribution in [0.3, 0.4) is 0 Å². The normalized spacial score (nSPS) is 11.0. The molecule has 0 spiro atoms. The Kier molecular flexibility index (Phi) is 3.47. The Labute approximate surface area is 81.4 Å². The minimum absolute atomic E-state index is 0.204. The summed E-state index contributed by atoms with van der Waals surface area (Å²) in [6.45, 7) is 4.01. The van der Waals surface area contributed by atoms with Crippen LogP contribution in [0.25, 0.3) is 0 Å². The lowest BCUT2D eigenvalue weighted by atomic mass is 10.3. The molecule has 4 heteroatoms. The first-order valence-corrected chi connectivity index (χ1v) is 4.64.